The quantitative estimate of drug-likeness (QED) is 0.382. The van der Waals surface area contributed by atoms with E-state index in [0.29, 0.717) is 0 Å². The van der Waals surface area contributed by atoms with E-state index in [-0.39, 0.29) is 0 Å². The molecule has 0 atom stereocenters. The summed E-state index contributed by atoms with van der Waals surface area (Å²) < 4.78 is 12.2. The molecule has 2 aromatic carbocycles. The summed E-state index contributed by atoms with van der Waals surface area (Å²) >= 11 is -1.59. The Labute approximate surface area is 169 Å². The molecule has 0 spiro atoms. The molecule has 0 amide bonds. The third kappa shape index (κ3) is 3.85. The molecule has 0 aliphatic heterocycles. The number of pyridine rings is 2. The molecule has 0 aliphatic rings. The normalized spacial score (nSPS) is 11.0. The van der Waals surface area contributed by atoms with Crippen molar-refractivity contribution < 1.29 is 6.15 Å². The van der Waals surface area contributed by atoms with Gasteiger partial charge in [-0.1, -0.05) is 0 Å². The van der Waals surface area contributed by atoms with Gasteiger partial charge in [0.2, 0.25) is 0 Å². The van der Waals surface area contributed by atoms with Crippen LogP contribution < -0.4 is 6.15 Å². The monoisotopic (exact) mass is 464 g/mol. The Kier molecular flexibility index (Phi) is 5.43. The summed E-state index contributed by atoms with van der Waals surface area (Å²) in [7, 11) is 0. The molecule has 2 radical (unpaired) electrons. The second-order valence-electron chi connectivity index (χ2n) is 6.26. The van der Waals surface area contributed by atoms with Gasteiger partial charge in [0.05, 0.1) is 0 Å². The molecule has 4 rings (SSSR count). The van der Waals surface area contributed by atoms with E-state index in [1.807, 2.05) is 24.3 Å². The number of para-hydroxylation sites is 2. The molecule has 0 N–H and O–H groups in total. The molecule has 134 valence electrons. The maximum atomic E-state index is 6.09. The average Bonchev–Trinajstić information content (AvgIpc) is 2.73. The van der Waals surface area contributed by atoms with Gasteiger partial charge < -0.3 is 0 Å². The second-order valence-corrected chi connectivity index (χ2v) is 7.90. The van der Waals surface area contributed by atoms with Crippen molar-refractivity contribution in [3.63, 3.8) is 0 Å². The number of hydrogen-bond acceptors (Lipinski definition) is 4. The Hall–Kier alpha value is -2.34. The topological polar surface area (TPSA) is 44.2 Å². The number of fused-ring (bicyclic) bond motifs is 2. The van der Waals surface area contributed by atoms with Crippen LogP contribution in [0.25, 0.3) is 21.8 Å². The van der Waals surface area contributed by atoms with Gasteiger partial charge in [-0.3, -0.25) is 0 Å². The first-order chi connectivity index (χ1) is 13.3. The van der Waals surface area contributed by atoms with Crippen LogP contribution in [0.15, 0.2) is 60.7 Å². The number of aromatic nitrogens is 2. The minimum atomic E-state index is -1.59. The third-order valence-electron chi connectivity index (χ3n) is 4.51. The van der Waals surface area contributed by atoms with Crippen molar-refractivity contribution in [2.45, 2.75) is 26.7 Å². The van der Waals surface area contributed by atoms with E-state index < -0.39 is 22.0 Å². The van der Waals surface area contributed by atoms with Gasteiger partial charge in [0, 0.05) is 0 Å². The van der Waals surface area contributed by atoms with Crippen LogP contribution in [0.2, 0.25) is 0 Å². The van der Waals surface area contributed by atoms with Crippen LogP contribution in [0.5, 0.6) is 11.5 Å². The molecule has 0 saturated heterocycles. The second kappa shape index (κ2) is 8.13. The Balaban J connectivity index is 1.57. The summed E-state index contributed by atoms with van der Waals surface area (Å²) in [6, 6.07) is 20.4. The van der Waals surface area contributed by atoms with Crippen molar-refractivity contribution >= 4 is 43.8 Å². The number of rotatable bonds is 6. The molecule has 0 bridgehead atoms. The van der Waals surface area contributed by atoms with Crippen LogP contribution in [-0.2, 0) is 12.8 Å². The van der Waals surface area contributed by atoms with Crippen molar-refractivity contribution in [1.82, 2.24) is 9.97 Å². The fourth-order valence-electron chi connectivity index (χ4n) is 2.99. The van der Waals surface area contributed by atoms with Gasteiger partial charge in [-0.25, -0.2) is 0 Å². The van der Waals surface area contributed by atoms with E-state index in [0.717, 1.165) is 57.5 Å². The van der Waals surface area contributed by atoms with E-state index >= 15 is 0 Å². The van der Waals surface area contributed by atoms with Gasteiger partial charge in [-0.2, -0.15) is 0 Å². The molecule has 4 nitrogen and oxygen atoms in total. The summed E-state index contributed by atoms with van der Waals surface area (Å²) in [5.74, 6) is 1.61. The molecule has 4 aromatic rings. The fourth-order valence-corrected chi connectivity index (χ4v) is 4.56. The molecule has 0 unspecified atom stereocenters. The fraction of sp³-hybridized carbons (Fsp3) is 0.182. The first-order valence-electron chi connectivity index (χ1n) is 9.14. The molecular formula is C22H20N2O2Sn. The molecule has 0 saturated carbocycles. The van der Waals surface area contributed by atoms with Gasteiger partial charge in [0.25, 0.3) is 0 Å². The molecule has 0 aliphatic carbocycles. The molecular weight excluding hydrogens is 443 g/mol. The molecule has 2 aromatic heterocycles. The summed E-state index contributed by atoms with van der Waals surface area (Å²) in [5.41, 5.74) is 3.95. The Morgan fingerprint density at radius 1 is 0.667 bits per heavy atom. The molecule has 2 heterocycles. The number of benzene rings is 2. The van der Waals surface area contributed by atoms with Crippen LogP contribution in [-0.4, -0.2) is 31.9 Å². The van der Waals surface area contributed by atoms with E-state index in [4.69, 9.17) is 16.1 Å². The minimum absolute atomic E-state index is 0.803. The molecule has 0 fully saturated rings. The third-order valence-corrected chi connectivity index (χ3v) is 6.24. The SMILES string of the molecule is CCc1ccc2cccc([O][Sn][O]c3cccc4ccc(CC)nc34)c2n1. The zero-order valence-electron chi connectivity index (χ0n) is 15.4. The van der Waals surface area contributed by atoms with E-state index in [2.05, 4.69) is 50.2 Å². The van der Waals surface area contributed by atoms with Gasteiger partial charge >= 0.3 is 170 Å². The Morgan fingerprint density at radius 2 is 1.15 bits per heavy atom. The summed E-state index contributed by atoms with van der Waals surface area (Å²) in [4.78, 5) is 9.45. The predicted octanol–water partition coefficient (Wildman–Crippen LogP) is 4.90. The zero-order valence-corrected chi connectivity index (χ0v) is 18.3. The van der Waals surface area contributed by atoms with Crippen molar-refractivity contribution in [3.05, 3.63) is 72.1 Å². The van der Waals surface area contributed by atoms with Gasteiger partial charge in [-0.15, -0.1) is 0 Å². The van der Waals surface area contributed by atoms with Crippen molar-refractivity contribution in [2.75, 3.05) is 0 Å². The van der Waals surface area contributed by atoms with Crippen LogP contribution in [0.1, 0.15) is 25.2 Å². The molecule has 27 heavy (non-hydrogen) atoms. The molecule has 5 heteroatoms. The predicted molar refractivity (Wildman–Crippen MR) is 109 cm³/mol. The zero-order chi connectivity index (χ0) is 18.6. The maximum absolute atomic E-state index is 6.09. The van der Waals surface area contributed by atoms with Crippen molar-refractivity contribution in [2.24, 2.45) is 0 Å². The standard InChI is InChI=1S/2C11H11NO.Sn/c2*1-2-9-7-6-8-4-3-5-10(13)11(8)12-9;/h2*3-7,13H,2H2,1H3;/q;;+2/p-2. The number of hydrogen-bond donors (Lipinski definition) is 0. The number of nitrogens with zero attached hydrogens (tertiary/aromatic N) is 2. The van der Waals surface area contributed by atoms with E-state index in [1.165, 1.54) is 0 Å². The summed E-state index contributed by atoms with van der Waals surface area (Å²) in [6.07, 6.45) is 1.81. The Morgan fingerprint density at radius 3 is 1.59 bits per heavy atom. The van der Waals surface area contributed by atoms with E-state index in [1.54, 1.807) is 0 Å². The number of aryl methyl sites for hydroxylation is 2. The van der Waals surface area contributed by atoms with Gasteiger partial charge in [0.15, 0.2) is 0 Å². The summed E-state index contributed by atoms with van der Waals surface area (Å²) in [5, 5.41) is 2.17. The van der Waals surface area contributed by atoms with Gasteiger partial charge in [0.1, 0.15) is 0 Å². The van der Waals surface area contributed by atoms with Crippen LogP contribution in [0.4, 0.5) is 0 Å². The Bertz CT molecular complexity index is 1010. The van der Waals surface area contributed by atoms with Crippen molar-refractivity contribution in [3.8, 4) is 11.5 Å². The first kappa shape index (κ1) is 18.0. The van der Waals surface area contributed by atoms with Crippen LogP contribution in [0.3, 0.4) is 0 Å². The average molecular weight is 463 g/mol. The van der Waals surface area contributed by atoms with Crippen LogP contribution in [0, 0.1) is 0 Å². The summed E-state index contributed by atoms with van der Waals surface area (Å²) in [6.45, 7) is 4.21. The van der Waals surface area contributed by atoms with Crippen molar-refractivity contribution in [1.29, 1.82) is 0 Å². The van der Waals surface area contributed by atoms with Crippen LogP contribution >= 0.6 is 0 Å². The first-order valence-corrected chi connectivity index (χ1v) is 11.5. The van der Waals surface area contributed by atoms with Gasteiger partial charge in [-0.05, 0) is 0 Å². The van der Waals surface area contributed by atoms with E-state index in [9.17, 15) is 0 Å².